The molecular weight excluding hydrogens is 290 g/mol. The van der Waals surface area contributed by atoms with Crippen LogP contribution in [0, 0.1) is 0 Å². The third kappa shape index (κ3) is 5.62. The minimum atomic E-state index is 0.660. The van der Waals surface area contributed by atoms with E-state index in [4.69, 9.17) is 4.74 Å². The van der Waals surface area contributed by atoms with Crippen molar-refractivity contribution in [2.75, 3.05) is 72.6 Å². The molecule has 2 heterocycles. The van der Waals surface area contributed by atoms with Gasteiger partial charge in [-0.05, 0) is 32.5 Å². The number of nitrogens with one attached hydrogen (secondary N) is 1. The van der Waals surface area contributed by atoms with Gasteiger partial charge >= 0.3 is 0 Å². The van der Waals surface area contributed by atoms with Crippen molar-refractivity contribution in [2.45, 2.75) is 32.7 Å². The Labute approximate surface area is 141 Å². The molecule has 2 aliphatic heterocycles. The lowest BCUT2D eigenvalue weighted by molar-refractivity contribution is 0.0195. The molecular formula is C17H35N5O. The third-order valence-electron chi connectivity index (χ3n) is 5.07. The van der Waals surface area contributed by atoms with Crippen LogP contribution >= 0.6 is 0 Å². The average Bonchev–Trinajstić information content (AvgIpc) is 3.09. The monoisotopic (exact) mass is 325 g/mol. The van der Waals surface area contributed by atoms with Gasteiger partial charge in [0.05, 0.1) is 13.2 Å². The normalized spacial score (nSPS) is 23.7. The number of morpholine rings is 1. The Balaban J connectivity index is 1.69. The topological polar surface area (TPSA) is 43.3 Å². The smallest absolute Gasteiger partial charge is 0.193 e. The highest BCUT2D eigenvalue weighted by Gasteiger charge is 2.30. The molecule has 0 aliphatic carbocycles. The molecule has 0 bridgehead atoms. The first-order valence-corrected chi connectivity index (χ1v) is 9.28. The summed E-state index contributed by atoms with van der Waals surface area (Å²) < 4.78 is 5.46. The third-order valence-corrected chi connectivity index (χ3v) is 5.07. The van der Waals surface area contributed by atoms with Crippen LogP contribution < -0.4 is 5.32 Å². The number of likely N-dealkylation sites (tertiary alicyclic amines) is 1. The highest BCUT2D eigenvalue weighted by molar-refractivity contribution is 5.80. The number of nitrogens with zero attached hydrogens (tertiary/aromatic N) is 4. The molecule has 1 unspecified atom stereocenters. The maximum absolute atomic E-state index is 5.46. The molecule has 2 saturated heterocycles. The van der Waals surface area contributed by atoms with Gasteiger partial charge in [0.2, 0.25) is 0 Å². The quantitative estimate of drug-likeness (QED) is 0.424. The predicted octanol–water partition coefficient (Wildman–Crippen LogP) is 0.700. The van der Waals surface area contributed by atoms with Gasteiger partial charge in [0.15, 0.2) is 5.96 Å². The molecule has 1 atom stereocenters. The van der Waals surface area contributed by atoms with Crippen LogP contribution in [0.5, 0.6) is 0 Å². The second-order valence-corrected chi connectivity index (χ2v) is 6.39. The summed E-state index contributed by atoms with van der Waals surface area (Å²) in [6, 6.07) is 0.660. The molecule has 23 heavy (non-hydrogen) atoms. The van der Waals surface area contributed by atoms with Crippen molar-refractivity contribution in [1.29, 1.82) is 0 Å². The zero-order chi connectivity index (χ0) is 16.5. The van der Waals surface area contributed by atoms with E-state index in [9.17, 15) is 0 Å². The molecule has 0 saturated carbocycles. The average molecular weight is 326 g/mol. The first-order chi connectivity index (χ1) is 11.3. The SMILES string of the molecule is CCN(CC)CCCNC(=NC)N1CCC(N2CCOCC2)C1. The fourth-order valence-corrected chi connectivity index (χ4v) is 3.55. The van der Waals surface area contributed by atoms with Gasteiger partial charge in [-0.3, -0.25) is 9.89 Å². The highest BCUT2D eigenvalue weighted by atomic mass is 16.5. The second-order valence-electron chi connectivity index (χ2n) is 6.39. The van der Waals surface area contributed by atoms with Crippen molar-refractivity contribution < 1.29 is 4.74 Å². The van der Waals surface area contributed by atoms with Crippen LogP contribution in [0.1, 0.15) is 26.7 Å². The Bertz CT molecular complexity index is 353. The van der Waals surface area contributed by atoms with Crippen LogP contribution in [0.2, 0.25) is 0 Å². The zero-order valence-electron chi connectivity index (χ0n) is 15.3. The van der Waals surface area contributed by atoms with E-state index in [1.54, 1.807) is 0 Å². The zero-order valence-corrected chi connectivity index (χ0v) is 15.3. The lowest BCUT2D eigenvalue weighted by Crippen LogP contribution is -2.47. The van der Waals surface area contributed by atoms with Crippen LogP contribution in [0.25, 0.3) is 0 Å². The van der Waals surface area contributed by atoms with Gasteiger partial charge in [0.1, 0.15) is 0 Å². The van der Waals surface area contributed by atoms with Crippen LogP contribution in [0.4, 0.5) is 0 Å². The van der Waals surface area contributed by atoms with Gasteiger partial charge in [-0.1, -0.05) is 13.8 Å². The van der Waals surface area contributed by atoms with Crippen molar-refractivity contribution >= 4 is 5.96 Å². The molecule has 0 aromatic rings. The number of aliphatic imine (C=N–C) groups is 1. The summed E-state index contributed by atoms with van der Waals surface area (Å²) in [4.78, 5) is 11.9. The van der Waals surface area contributed by atoms with Crippen molar-refractivity contribution in [3.05, 3.63) is 0 Å². The molecule has 6 nitrogen and oxygen atoms in total. The molecule has 134 valence electrons. The minimum absolute atomic E-state index is 0.660. The molecule has 6 heteroatoms. The molecule has 0 amide bonds. The molecule has 0 aromatic carbocycles. The standard InChI is InChI=1S/C17H35N5O/c1-4-20(5-2)9-6-8-19-17(18-3)22-10-7-16(15-22)21-11-13-23-14-12-21/h16H,4-15H2,1-3H3,(H,18,19). The van der Waals surface area contributed by atoms with Crippen molar-refractivity contribution in [2.24, 2.45) is 4.99 Å². The molecule has 2 aliphatic rings. The van der Waals surface area contributed by atoms with Crippen molar-refractivity contribution in [3.63, 3.8) is 0 Å². The minimum Gasteiger partial charge on any atom is -0.379 e. The Morgan fingerprint density at radius 1 is 1.22 bits per heavy atom. The fraction of sp³-hybridized carbons (Fsp3) is 0.941. The summed E-state index contributed by atoms with van der Waals surface area (Å²) in [5, 5.41) is 3.54. The summed E-state index contributed by atoms with van der Waals surface area (Å²) >= 11 is 0. The van der Waals surface area contributed by atoms with Gasteiger partial charge in [-0.25, -0.2) is 0 Å². The van der Waals surface area contributed by atoms with Gasteiger partial charge in [-0.2, -0.15) is 0 Å². The van der Waals surface area contributed by atoms with Crippen molar-refractivity contribution in [1.82, 2.24) is 20.0 Å². The summed E-state index contributed by atoms with van der Waals surface area (Å²) in [7, 11) is 1.90. The van der Waals surface area contributed by atoms with E-state index in [2.05, 4.69) is 38.9 Å². The van der Waals surface area contributed by atoms with E-state index >= 15 is 0 Å². The second kappa shape index (κ2) is 10.1. The molecule has 0 aromatic heterocycles. The lowest BCUT2D eigenvalue weighted by Gasteiger charge is -2.32. The number of hydrogen-bond acceptors (Lipinski definition) is 4. The molecule has 1 N–H and O–H groups in total. The van der Waals surface area contributed by atoms with Gasteiger partial charge in [-0.15, -0.1) is 0 Å². The van der Waals surface area contributed by atoms with Gasteiger partial charge in [0.25, 0.3) is 0 Å². The van der Waals surface area contributed by atoms with Crippen molar-refractivity contribution in [3.8, 4) is 0 Å². The van der Waals surface area contributed by atoms with Gasteiger partial charge in [0, 0.05) is 45.8 Å². The Kier molecular flexibility index (Phi) is 8.12. The van der Waals surface area contributed by atoms with Gasteiger partial charge < -0.3 is 19.9 Å². The predicted molar refractivity (Wildman–Crippen MR) is 96.1 cm³/mol. The summed E-state index contributed by atoms with van der Waals surface area (Å²) in [6.45, 7) is 15.0. The highest BCUT2D eigenvalue weighted by Crippen LogP contribution is 2.16. The van der Waals surface area contributed by atoms with Crippen LogP contribution in [-0.4, -0.2) is 99.3 Å². The van der Waals surface area contributed by atoms with Crippen LogP contribution in [0.15, 0.2) is 4.99 Å². The van der Waals surface area contributed by atoms with E-state index in [-0.39, 0.29) is 0 Å². The fourth-order valence-electron chi connectivity index (χ4n) is 3.55. The first kappa shape index (κ1) is 18.5. The number of rotatable bonds is 7. The summed E-state index contributed by atoms with van der Waals surface area (Å²) in [6.07, 6.45) is 2.40. The lowest BCUT2D eigenvalue weighted by atomic mass is 10.2. The largest absolute Gasteiger partial charge is 0.379 e. The van der Waals surface area contributed by atoms with E-state index < -0.39 is 0 Å². The molecule has 0 radical (unpaired) electrons. The van der Waals surface area contributed by atoms with E-state index in [1.165, 1.54) is 12.8 Å². The number of hydrogen-bond donors (Lipinski definition) is 1. The Hall–Kier alpha value is -0.850. The summed E-state index contributed by atoms with van der Waals surface area (Å²) in [5.41, 5.74) is 0. The van der Waals surface area contributed by atoms with E-state index in [0.717, 1.165) is 71.5 Å². The number of guanidine groups is 1. The first-order valence-electron chi connectivity index (χ1n) is 9.28. The Morgan fingerprint density at radius 3 is 2.61 bits per heavy atom. The summed E-state index contributed by atoms with van der Waals surface area (Å²) in [5.74, 6) is 1.07. The molecule has 0 spiro atoms. The molecule has 2 rings (SSSR count). The Morgan fingerprint density at radius 2 is 1.96 bits per heavy atom. The number of ether oxygens (including phenoxy) is 1. The molecule has 2 fully saturated rings. The van der Waals surface area contributed by atoms with E-state index in [1.807, 2.05) is 7.05 Å². The van der Waals surface area contributed by atoms with E-state index in [0.29, 0.717) is 6.04 Å². The van der Waals surface area contributed by atoms with Crippen LogP contribution in [-0.2, 0) is 4.74 Å². The maximum atomic E-state index is 5.46. The van der Waals surface area contributed by atoms with Crippen LogP contribution in [0.3, 0.4) is 0 Å². The maximum Gasteiger partial charge on any atom is 0.193 e.